The van der Waals surface area contributed by atoms with Gasteiger partial charge in [0.25, 0.3) is 5.91 Å². The molecule has 2 rings (SSSR count). The van der Waals surface area contributed by atoms with Crippen molar-refractivity contribution in [2.45, 2.75) is 32.7 Å². The van der Waals surface area contributed by atoms with Crippen LogP contribution in [0.15, 0.2) is 54.6 Å². The largest absolute Gasteiger partial charge is 0.496 e. The summed E-state index contributed by atoms with van der Waals surface area (Å²) in [5.74, 6) is -0.265. The summed E-state index contributed by atoms with van der Waals surface area (Å²) in [6.07, 6.45) is 0.842. The Morgan fingerprint density at radius 1 is 1.04 bits per heavy atom. The zero-order valence-electron chi connectivity index (χ0n) is 16.1. The number of amides is 1. The Morgan fingerprint density at radius 3 is 2.37 bits per heavy atom. The van der Waals surface area contributed by atoms with E-state index in [1.165, 1.54) is 0 Å². The summed E-state index contributed by atoms with van der Waals surface area (Å²) in [7, 11) is 1.58. The van der Waals surface area contributed by atoms with Gasteiger partial charge < -0.3 is 14.8 Å². The number of nitrogens with one attached hydrogen (secondary N) is 1. The number of esters is 1. The summed E-state index contributed by atoms with van der Waals surface area (Å²) < 4.78 is 10.6. The highest BCUT2D eigenvalue weighted by atomic mass is 16.5. The molecule has 0 bridgehead atoms. The fourth-order valence-electron chi connectivity index (χ4n) is 2.91. The van der Waals surface area contributed by atoms with Gasteiger partial charge in [0, 0.05) is 12.1 Å². The fraction of sp³-hybridized carbons (Fsp3) is 0.364. The molecular formula is C22H27NO4. The lowest BCUT2D eigenvalue weighted by atomic mass is 9.86. The van der Waals surface area contributed by atoms with Crippen molar-refractivity contribution in [2.75, 3.05) is 13.7 Å². The molecule has 0 fully saturated rings. The maximum Gasteiger partial charge on any atom is 0.314 e. The first-order chi connectivity index (χ1) is 13.1. The molecule has 5 heteroatoms. The number of benzene rings is 2. The Labute approximate surface area is 160 Å². The van der Waals surface area contributed by atoms with Crippen LogP contribution >= 0.6 is 0 Å². The highest BCUT2D eigenvalue weighted by Crippen LogP contribution is 2.28. The number of rotatable bonds is 9. The molecule has 1 amide bonds. The number of carbonyl (C=O) groups is 2. The van der Waals surface area contributed by atoms with E-state index in [9.17, 15) is 9.59 Å². The van der Waals surface area contributed by atoms with Crippen molar-refractivity contribution in [3.05, 3.63) is 65.7 Å². The molecule has 0 heterocycles. The number of carbonyl (C=O) groups excluding carboxylic acids is 2. The first kappa shape index (κ1) is 20.5. The fourth-order valence-corrected chi connectivity index (χ4v) is 2.91. The zero-order chi connectivity index (χ0) is 19.6. The lowest BCUT2D eigenvalue weighted by molar-refractivity contribution is -0.151. The molecule has 0 aliphatic heterocycles. The van der Waals surface area contributed by atoms with Crippen LogP contribution in [-0.4, -0.2) is 25.6 Å². The topological polar surface area (TPSA) is 64.6 Å². The summed E-state index contributed by atoms with van der Waals surface area (Å²) in [6, 6.07) is 17.0. The van der Waals surface area contributed by atoms with Crippen LogP contribution in [0.5, 0.6) is 5.75 Å². The number of ether oxygens (including phenoxy) is 2. The van der Waals surface area contributed by atoms with Crippen LogP contribution < -0.4 is 10.1 Å². The van der Waals surface area contributed by atoms with Crippen LogP contribution in [0.1, 0.15) is 37.3 Å². The van der Waals surface area contributed by atoms with Crippen molar-refractivity contribution < 1.29 is 19.1 Å². The number of hydrogen-bond acceptors (Lipinski definition) is 4. The summed E-state index contributed by atoms with van der Waals surface area (Å²) in [4.78, 5) is 24.7. The summed E-state index contributed by atoms with van der Waals surface area (Å²) in [5, 5.41) is 2.75. The van der Waals surface area contributed by atoms with Crippen LogP contribution in [0.4, 0.5) is 0 Å². The first-order valence-electron chi connectivity index (χ1n) is 9.17. The lowest BCUT2D eigenvalue weighted by Gasteiger charge is -2.21. The SMILES string of the molecule is CC[C@H](C)[C@@H](C(=O)OCC(=O)NCc1ccccc1OC)c1ccccc1. The number of hydrogen-bond donors (Lipinski definition) is 1. The van der Waals surface area contributed by atoms with Crippen molar-refractivity contribution in [1.29, 1.82) is 0 Å². The van der Waals surface area contributed by atoms with Gasteiger partial charge in [0.05, 0.1) is 13.0 Å². The van der Waals surface area contributed by atoms with E-state index in [1.54, 1.807) is 7.11 Å². The van der Waals surface area contributed by atoms with Crippen molar-refractivity contribution in [2.24, 2.45) is 5.92 Å². The second-order valence-corrected chi connectivity index (χ2v) is 6.47. The van der Waals surface area contributed by atoms with E-state index in [-0.39, 0.29) is 30.3 Å². The Morgan fingerprint density at radius 2 is 1.70 bits per heavy atom. The van der Waals surface area contributed by atoms with Crippen LogP contribution in [-0.2, 0) is 20.9 Å². The standard InChI is InChI=1S/C22H27NO4/c1-4-16(2)21(17-10-6-5-7-11-17)22(25)27-15-20(24)23-14-18-12-8-9-13-19(18)26-3/h5-13,16,21H,4,14-15H2,1-3H3,(H,23,24)/t16-,21+/m0/s1. The van der Waals surface area contributed by atoms with Gasteiger partial charge in [-0.2, -0.15) is 0 Å². The Hall–Kier alpha value is -2.82. The number of methoxy groups -OCH3 is 1. The monoisotopic (exact) mass is 369 g/mol. The van der Waals surface area contributed by atoms with E-state index >= 15 is 0 Å². The van der Waals surface area contributed by atoms with E-state index in [0.29, 0.717) is 12.3 Å². The molecule has 5 nitrogen and oxygen atoms in total. The van der Waals surface area contributed by atoms with Gasteiger partial charge in [-0.15, -0.1) is 0 Å². The molecule has 0 saturated carbocycles. The third kappa shape index (κ3) is 5.84. The van der Waals surface area contributed by atoms with Crippen LogP contribution in [0.3, 0.4) is 0 Å². The molecule has 1 N–H and O–H groups in total. The maximum absolute atomic E-state index is 12.6. The third-order valence-electron chi connectivity index (χ3n) is 4.64. The van der Waals surface area contributed by atoms with E-state index < -0.39 is 0 Å². The predicted octanol–water partition coefficient (Wildman–Crippen LogP) is 3.68. The van der Waals surface area contributed by atoms with Gasteiger partial charge in [-0.05, 0) is 17.5 Å². The quantitative estimate of drug-likeness (QED) is 0.685. The molecule has 27 heavy (non-hydrogen) atoms. The predicted molar refractivity (Wildman–Crippen MR) is 104 cm³/mol. The van der Waals surface area contributed by atoms with E-state index in [4.69, 9.17) is 9.47 Å². The van der Waals surface area contributed by atoms with Crippen molar-refractivity contribution in [3.63, 3.8) is 0 Å². The molecule has 0 spiro atoms. The van der Waals surface area contributed by atoms with E-state index in [1.807, 2.05) is 68.4 Å². The van der Waals surface area contributed by atoms with E-state index in [2.05, 4.69) is 5.32 Å². The maximum atomic E-state index is 12.6. The number of para-hydroxylation sites is 1. The van der Waals surface area contributed by atoms with Gasteiger partial charge in [-0.25, -0.2) is 0 Å². The molecule has 0 saturated heterocycles. The van der Waals surface area contributed by atoms with Crippen molar-refractivity contribution >= 4 is 11.9 Å². The molecule has 2 atom stereocenters. The molecule has 144 valence electrons. The minimum atomic E-state index is -0.377. The molecule has 0 aliphatic carbocycles. The molecule has 0 aromatic heterocycles. The van der Waals surface area contributed by atoms with Gasteiger partial charge in [0.15, 0.2) is 6.61 Å². The average molecular weight is 369 g/mol. The van der Waals surface area contributed by atoms with Gasteiger partial charge in [-0.1, -0.05) is 68.8 Å². The summed E-state index contributed by atoms with van der Waals surface area (Å²) in [6.45, 7) is 4.07. The zero-order valence-corrected chi connectivity index (χ0v) is 16.1. The third-order valence-corrected chi connectivity index (χ3v) is 4.64. The second kappa shape index (κ2) is 10.4. The van der Waals surface area contributed by atoms with Crippen LogP contribution in [0.2, 0.25) is 0 Å². The lowest BCUT2D eigenvalue weighted by Crippen LogP contribution is -2.31. The average Bonchev–Trinajstić information content (AvgIpc) is 2.71. The summed E-state index contributed by atoms with van der Waals surface area (Å²) in [5.41, 5.74) is 1.77. The van der Waals surface area contributed by atoms with Crippen LogP contribution in [0, 0.1) is 5.92 Å². The van der Waals surface area contributed by atoms with E-state index in [0.717, 1.165) is 17.5 Å². The van der Waals surface area contributed by atoms with Crippen molar-refractivity contribution in [3.8, 4) is 5.75 Å². The minimum absolute atomic E-state index is 0.122. The molecule has 2 aromatic rings. The van der Waals surface area contributed by atoms with Gasteiger partial charge in [-0.3, -0.25) is 9.59 Å². The molecule has 0 radical (unpaired) electrons. The molecule has 0 unspecified atom stereocenters. The summed E-state index contributed by atoms with van der Waals surface area (Å²) >= 11 is 0. The molecular weight excluding hydrogens is 342 g/mol. The molecule has 2 aromatic carbocycles. The van der Waals surface area contributed by atoms with Crippen LogP contribution in [0.25, 0.3) is 0 Å². The highest BCUT2D eigenvalue weighted by molar-refractivity contribution is 5.83. The Bertz CT molecular complexity index is 745. The first-order valence-corrected chi connectivity index (χ1v) is 9.17. The highest BCUT2D eigenvalue weighted by Gasteiger charge is 2.27. The van der Waals surface area contributed by atoms with Gasteiger partial charge in [0.2, 0.25) is 0 Å². The molecule has 0 aliphatic rings. The second-order valence-electron chi connectivity index (χ2n) is 6.47. The Kier molecular flexibility index (Phi) is 7.86. The van der Waals surface area contributed by atoms with Crippen molar-refractivity contribution in [1.82, 2.24) is 5.32 Å². The smallest absolute Gasteiger partial charge is 0.314 e. The Balaban J connectivity index is 1.91. The minimum Gasteiger partial charge on any atom is -0.496 e. The van der Waals surface area contributed by atoms with Gasteiger partial charge in [0.1, 0.15) is 5.75 Å². The normalized spacial score (nSPS) is 12.7. The van der Waals surface area contributed by atoms with Gasteiger partial charge >= 0.3 is 5.97 Å².